The smallest absolute Gasteiger partial charge is 0.264 e. The largest absolute Gasteiger partial charge is 0.497 e. The van der Waals surface area contributed by atoms with Gasteiger partial charge in [0.1, 0.15) is 12.3 Å². The number of hydrogen-bond donors (Lipinski definition) is 1. The summed E-state index contributed by atoms with van der Waals surface area (Å²) < 4.78 is 33.4. The zero-order valence-corrected chi connectivity index (χ0v) is 20.8. The summed E-state index contributed by atoms with van der Waals surface area (Å²) in [5.41, 5.74) is 6.90. The number of carbonyl (C=O) groups is 1. The Morgan fingerprint density at radius 3 is 2.18 bits per heavy atom. The summed E-state index contributed by atoms with van der Waals surface area (Å²) in [4.78, 5) is 13.0. The van der Waals surface area contributed by atoms with E-state index in [1.54, 1.807) is 56.5 Å². The first kappa shape index (κ1) is 25.0. The third-order valence-electron chi connectivity index (χ3n) is 5.39. The molecule has 0 saturated carbocycles. The van der Waals surface area contributed by atoms with Crippen molar-refractivity contribution in [3.8, 4) is 5.75 Å². The number of amides is 1. The Morgan fingerprint density at radius 1 is 0.941 bits per heavy atom. The number of carbonyl (C=O) groups excluding carboxylic acids is 1. The molecule has 7 nitrogen and oxygen atoms in total. The van der Waals surface area contributed by atoms with Gasteiger partial charge in [-0.25, -0.2) is 13.8 Å². The molecule has 0 aliphatic heterocycles. The highest BCUT2D eigenvalue weighted by Gasteiger charge is 2.28. The third-order valence-corrected chi connectivity index (χ3v) is 7.16. The highest BCUT2D eigenvalue weighted by atomic mass is 32.2. The number of benzene rings is 3. The summed E-state index contributed by atoms with van der Waals surface area (Å²) in [6.45, 7) is 6.92. The molecule has 0 saturated heterocycles. The molecule has 0 aromatic heterocycles. The lowest BCUT2D eigenvalue weighted by atomic mass is 10.1. The molecule has 0 spiro atoms. The van der Waals surface area contributed by atoms with Crippen LogP contribution in [0.2, 0.25) is 0 Å². The van der Waals surface area contributed by atoms with Gasteiger partial charge < -0.3 is 4.74 Å². The third kappa shape index (κ3) is 5.82. The Morgan fingerprint density at radius 2 is 1.56 bits per heavy atom. The van der Waals surface area contributed by atoms with E-state index in [9.17, 15) is 13.2 Å². The molecule has 3 aromatic rings. The zero-order chi connectivity index (χ0) is 24.9. The van der Waals surface area contributed by atoms with Gasteiger partial charge in [0.2, 0.25) is 0 Å². The van der Waals surface area contributed by atoms with E-state index in [1.165, 1.54) is 0 Å². The van der Waals surface area contributed by atoms with Crippen LogP contribution in [0.25, 0.3) is 0 Å². The fourth-order valence-electron chi connectivity index (χ4n) is 3.33. The van der Waals surface area contributed by atoms with Gasteiger partial charge in [0, 0.05) is 0 Å². The van der Waals surface area contributed by atoms with E-state index >= 15 is 0 Å². The first-order valence-electron chi connectivity index (χ1n) is 10.8. The van der Waals surface area contributed by atoms with E-state index in [0.29, 0.717) is 17.1 Å². The van der Waals surface area contributed by atoms with Crippen molar-refractivity contribution in [2.75, 3.05) is 18.0 Å². The minimum atomic E-state index is -3.99. The predicted molar refractivity (Wildman–Crippen MR) is 135 cm³/mol. The topological polar surface area (TPSA) is 88.1 Å². The molecule has 3 aromatic carbocycles. The monoisotopic (exact) mass is 479 g/mol. The Bertz CT molecular complexity index is 1300. The standard InChI is InChI=1S/C26H29N3O4S/c1-18-7-14-24(15-8-18)34(31,32)29(25-16-19(2)6-9-20(25)3)17-26(30)28-27-21(4)22-10-12-23(33-5)13-11-22/h6-16H,17H2,1-5H3,(H,28,30)/b27-21-. The summed E-state index contributed by atoms with van der Waals surface area (Å²) in [5, 5.41) is 4.16. The number of ether oxygens (including phenoxy) is 1. The summed E-state index contributed by atoms with van der Waals surface area (Å²) in [6, 6.07) is 19.3. The average Bonchev–Trinajstić information content (AvgIpc) is 2.83. The second-order valence-corrected chi connectivity index (χ2v) is 9.94. The molecule has 1 N–H and O–H groups in total. The maximum atomic E-state index is 13.6. The first-order valence-corrected chi connectivity index (χ1v) is 12.2. The molecule has 0 fully saturated rings. The zero-order valence-electron chi connectivity index (χ0n) is 20.0. The second-order valence-electron chi connectivity index (χ2n) is 8.08. The predicted octanol–water partition coefficient (Wildman–Crippen LogP) is 4.36. The number of sulfonamides is 1. The Kier molecular flexibility index (Phi) is 7.73. The summed E-state index contributed by atoms with van der Waals surface area (Å²) in [5.74, 6) is 0.163. The second kappa shape index (κ2) is 10.5. The molecule has 0 atom stereocenters. The first-order chi connectivity index (χ1) is 16.1. The molecule has 0 unspecified atom stereocenters. The fraction of sp³-hybridized carbons (Fsp3) is 0.231. The lowest BCUT2D eigenvalue weighted by Gasteiger charge is -2.25. The molecule has 0 bridgehead atoms. The number of nitrogens with one attached hydrogen (secondary N) is 1. The van der Waals surface area contributed by atoms with Crippen molar-refractivity contribution in [3.63, 3.8) is 0 Å². The molecular weight excluding hydrogens is 450 g/mol. The van der Waals surface area contributed by atoms with Gasteiger partial charge in [-0.15, -0.1) is 0 Å². The Labute approximate surface area is 201 Å². The summed E-state index contributed by atoms with van der Waals surface area (Å²) in [7, 11) is -2.41. The van der Waals surface area contributed by atoms with Gasteiger partial charge in [-0.1, -0.05) is 29.8 Å². The number of hydrazone groups is 1. The minimum Gasteiger partial charge on any atom is -0.497 e. The molecule has 1 amide bonds. The summed E-state index contributed by atoms with van der Waals surface area (Å²) >= 11 is 0. The Hall–Kier alpha value is -3.65. The molecule has 0 radical (unpaired) electrons. The van der Waals surface area contributed by atoms with Gasteiger partial charge in [0.05, 0.1) is 23.4 Å². The van der Waals surface area contributed by atoms with Crippen molar-refractivity contribution in [2.24, 2.45) is 5.10 Å². The molecular formula is C26H29N3O4S. The highest BCUT2D eigenvalue weighted by molar-refractivity contribution is 7.92. The summed E-state index contributed by atoms with van der Waals surface area (Å²) in [6.07, 6.45) is 0. The number of nitrogens with zero attached hydrogens (tertiary/aromatic N) is 2. The van der Waals surface area contributed by atoms with Crippen LogP contribution in [0.15, 0.2) is 76.7 Å². The Balaban J connectivity index is 1.90. The molecule has 0 heterocycles. The number of methoxy groups -OCH3 is 1. The number of hydrogen-bond acceptors (Lipinski definition) is 5. The van der Waals surface area contributed by atoms with Crippen molar-refractivity contribution in [1.29, 1.82) is 0 Å². The number of aryl methyl sites for hydroxylation is 3. The van der Waals surface area contributed by atoms with E-state index in [4.69, 9.17) is 4.74 Å². The minimum absolute atomic E-state index is 0.115. The van der Waals surface area contributed by atoms with Crippen molar-refractivity contribution in [2.45, 2.75) is 32.6 Å². The quantitative estimate of drug-likeness (QED) is 0.384. The van der Waals surface area contributed by atoms with E-state index in [1.807, 2.05) is 45.0 Å². The van der Waals surface area contributed by atoms with Crippen molar-refractivity contribution in [3.05, 3.63) is 89.0 Å². The number of anilines is 1. The van der Waals surface area contributed by atoms with E-state index in [2.05, 4.69) is 10.5 Å². The van der Waals surface area contributed by atoms with Crippen LogP contribution in [0, 0.1) is 20.8 Å². The van der Waals surface area contributed by atoms with Gasteiger partial charge in [0.15, 0.2) is 0 Å². The molecule has 8 heteroatoms. The van der Waals surface area contributed by atoms with Crippen molar-refractivity contribution in [1.82, 2.24) is 5.43 Å². The lowest BCUT2D eigenvalue weighted by Crippen LogP contribution is -2.40. The number of rotatable bonds is 8. The van der Waals surface area contributed by atoms with E-state index in [0.717, 1.165) is 26.6 Å². The molecule has 178 valence electrons. The van der Waals surface area contributed by atoms with Crippen molar-refractivity contribution >= 4 is 27.3 Å². The molecule has 34 heavy (non-hydrogen) atoms. The maximum absolute atomic E-state index is 13.6. The fourth-order valence-corrected chi connectivity index (χ4v) is 4.81. The van der Waals surface area contributed by atoms with Crippen LogP contribution in [-0.2, 0) is 14.8 Å². The van der Waals surface area contributed by atoms with Crippen LogP contribution in [0.5, 0.6) is 5.75 Å². The van der Waals surface area contributed by atoms with Crippen LogP contribution in [-0.4, -0.2) is 33.7 Å². The van der Waals surface area contributed by atoms with Crippen LogP contribution in [0.3, 0.4) is 0 Å². The molecule has 3 rings (SSSR count). The van der Waals surface area contributed by atoms with E-state index < -0.39 is 22.5 Å². The normalized spacial score (nSPS) is 11.7. The van der Waals surface area contributed by atoms with Gasteiger partial charge in [-0.3, -0.25) is 9.10 Å². The molecule has 0 aliphatic carbocycles. The molecule has 0 aliphatic rings. The van der Waals surface area contributed by atoms with Crippen LogP contribution in [0.4, 0.5) is 5.69 Å². The van der Waals surface area contributed by atoms with Crippen molar-refractivity contribution < 1.29 is 17.9 Å². The van der Waals surface area contributed by atoms with Gasteiger partial charge in [0.25, 0.3) is 15.9 Å². The SMILES string of the molecule is COc1ccc(/C(C)=N\NC(=O)CN(c2cc(C)ccc2C)S(=O)(=O)c2ccc(C)cc2)cc1. The maximum Gasteiger partial charge on any atom is 0.264 e. The van der Waals surface area contributed by atoms with Crippen LogP contribution in [0.1, 0.15) is 29.2 Å². The lowest BCUT2D eigenvalue weighted by molar-refractivity contribution is -0.119. The van der Waals surface area contributed by atoms with Gasteiger partial charge in [-0.05, 0) is 86.8 Å². The van der Waals surface area contributed by atoms with Gasteiger partial charge in [-0.2, -0.15) is 5.10 Å². The van der Waals surface area contributed by atoms with E-state index in [-0.39, 0.29) is 4.90 Å². The van der Waals surface area contributed by atoms with Gasteiger partial charge >= 0.3 is 0 Å². The van der Waals surface area contributed by atoms with Crippen LogP contribution < -0.4 is 14.5 Å². The average molecular weight is 480 g/mol. The van der Waals surface area contributed by atoms with Crippen LogP contribution >= 0.6 is 0 Å². The highest BCUT2D eigenvalue weighted by Crippen LogP contribution is 2.28.